The fourth-order valence-electron chi connectivity index (χ4n) is 3.89. The summed E-state index contributed by atoms with van der Waals surface area (Å²) in [5, 5.41) is 8.04. The molecular weight excluding hydrogens is 478 g/mol. The van der Waals surface area contributed by atoms with Gasteiger partial charge in [0, 0.05) is 31.4 Å². The molecule has 0 unspecified atom stereocenters. The average molecular weight is 506 g/mol. The van der Waals surface area contributed by atoms with E-state index < -0.39 is 23.2 Å². The molecule has 0 saturated carbocycles. The lowest BCUT2D eigenvalue weighted by molar-refractivity contribution is -0.138. The van der Waals surface area contributed by atoms with Crippen molar-refractivity contribution in [3.05, 3.63) is 97.9 Å². The van der Waals surface area contributed by atoms with Crippen LogP contribution in [-0.4, -0.2) is 46.6 Å². The standard InChI is InChI=1S/C26H27N5O4S/c1-4-18(20-11-8-12-36-20)28-21-22(26(35)31(25(21)34)15-16-9-6-5-7-10-16)29-19-14-27-13-17(23(19)32)24(33)30(2)3/h5-14,18,28-29H,4,15H2,1-3H3,(H,27,32)/t18-/m1/s1. The molecule has 0 saturated heterocycles. The molecule has 1 atom stereocenters. The third-order valence-electron chi connectivity index (χ3n) is 5.81. The molecule has 2 aromatic heterocycles. The van der Waals surface area contributed by atoms with Crippen LogP contribution >= 0.6 is 11.3 Å². The van der Waals surface area contributed by atoms with Gasteiger partial charge in [-0.1, -0.05) is 43.3 Å². The molecule has 3 heterocycles. The van der Waals surface area contributed by atoms with Crippen molar-refractivity contribution in [2.45, 2.75) is 25.9 Å². The average Bonchev–Trinajstić information content (AvgIpc) is 3.48. The highest BCUT2D eigenvalue weighted by Crippen LogP contribution is 2.28. The zero-order valence-corrected chi connectivity index (χ0v) is 21.0. The number of aromatic amines is 1. The van der Waals surface area contributed by atoms with Gasteiger partial charge in [-0.3, -0.25) is 24.1 Å². The molecule has 186 valence electrons. The maximum absolute atomic E-state index is 13.5. The molecule has 3 N–H and O–H groups in total. The summed E-state index contributed by atoms with van der Waals surface area (Å²) >= 11 is 1.55. The number of hydrogen-bond acceptors (Lipinski definition) is 7. The number of pyridine rings is 1. The Morgan fingerprint density at radius 2 is 1.75 bits per heavy atom. The normalized spacial score (nSPS) is 14.2. The number of rotatable bonds is 9. The van der Waals surface area contributed by atoms with Gasteiger partial charge in [-0.15, -0.1) is 11.3 Å². The summed E-state index contributed by atoms with van der Waals surface area (Å²) < 4.78 is 0. The zero-order valence-electron chi connectivity index (χ0n) is 20.2. The Morgan fingerprint density at radius 3 is 2.39 bits per heavy atom. The van der Waals surface area contributed by atoms with Crippen LogP contribution in [0.4, 0.5) is 5.69 Å². The first-order valence-electron chi connectivity index (χ1n) is 11.5. The van der Waals surface area contributed by atoms with E-state index in [4.69, 9.17) is 0 Å². The Balaban J connectivity index is 1.73. The van der Waals surface area contributed by atoms with E-state index >= 15 is 0 Å². The second-order valence-electron chi connectivity index (χ2n) is 8.49. The van der Waals surface area contributed by atoms with Crippen LogP contribution in [0.15, 0.2) is 76.4 Å². The molecule has 36 heavy (non-hydrogen) atoms. The lowest BCUT2D eigenvalue weighted by atomic mass is 10.1. The summed E-state index contributed by atoms with van der Waals surface area (Å²) in [7, 11) is 3.09. The molecule has 1 aliphatic rings. The van der Waals surface area contributed by atoms with E-state index in [2.05, 4.69) is 15.6 Å². The molecule has 10 heteroatoms. The second-order valence-corrected chi connectivity index (χ2v) is 9.47. The Bertz CT molecular complexity index is 1360. The van der Waals surface area contributed by atoms with Crippen molar-refractivity contribution < 1.29 is 14.4 Å². The predicted molar refractivity (Wildman–Crippen MR) is 138 cm³/mol. The Kier molecular flexibility index (Phi) is 7.35. The number of benzene rings is 1. The maximum atomic E-state index is 13.5. The number of amides is 3. The Labute approximate surface area is 212 Å². The minimum Gasteiger partial charge on any atom is -0.371 e. The topological polar surface area (TPSA) is 115 Å². The highest BCUT2D eigenvalue weighted by atomic mass is 32.1. The van der Waals surface area contributed by atoms with Gasteiger partial charge in [-0.25, -0.2) is 0 Å². The van der Waals surface area contributed by atoms with Gasteiger partial charge in [0.25, 0.3) is 17.7 Å². The number of nitrogens with zero attached hydrogens (tertiary/aromatic N) is 2. The van der Waals surface area contributed by atoms with Crippen molar-refractivity contribution in [1.29, 1.82) is 0 Å². The third kappa shape index (κ3) is 4.94. The van der Waals surface area contributed by atoms with Crippen LogP contribution in [0.1, 0.15) is 40.2 Å². The van der Waals surface area contributed by atoms with Crippen molar-refractivity contribution in [3.8, 4) is 0 Å². The van der Waals surface area contributed by atoms with Crippen LogP contribution < -0.4 is 16.1 Å². The summed E-state index contributed by atoms with van der Waals surface area (Å²) in [5.41, 5.74) is 0.172. The molecule has 0 aliphatic carbocycles. The minimum absolute atomic E-state index is 0.0103. The van der Waals surface area contributed by atoms with E-state index in [1.165, 1.54) is 17.3 Å². The fourth-order valence-corrected chi connectivity index (χ4v) is 4.75. The first kappa shape index (κ1) is 24.9. The molecular formula is C26H27N5O4S. The second kappa shape index (κ2) is 10.6. The first-order chi connectivity index (χ1) is 17.3. The summed E-state index contributed by atoms with van der Waals surface area (Å²) in [4.78, 5) is 58.7. The minimum atomic E-state index is -0.577. The summed E-state index contributed by atoms with van der Waals surface area (Å²) in [5.74, 6) is -1.52. The molecule has 0 radical (unpaired) electrons. The molecule has 3 amide bonds. The van der Waals surface area contributed by atoms with Gasteiger partial charge >= 0.3 is 0 Å². The number of thiophene rings is 1. The highest BCUT2D eigenvalue weighted by molar-refractivity contribution is 7.10. The molecule has 3 aromatic rings. The van der Waals surface area contributed by atoms with E-state index in [0.29, 0.717) is 6.42 Å². The smallest absolute Gasteiger partial charge is 0.279 e. The van der Waals surface area contributed by atoms with Crippen LogP contribution in [0.5, 0.6) is 0 Å². The predicted octanol–water partition coefficient (Wildman–Crippen LogP) is 3.07. The summed E-state index contributed by atoms with van der Waals surface area (Å²) in [6.45, 7) is 2.06. The van der Waals surface area contributed by atoms with Gasteiger partial charge in [0.1, 0.15) is 22.6 Å². The largest absolute Gasteiger partial charge is 0.371 e. The van der Waals surface area contributed by atoms with Gasteiger partial charge in [0.15, 0.2) is 0 Å². The maximum Gasteiger partial charge on any atom is 0.279 e. The van der Waals surface area contributed by atoms with Gasteiger partial charge in [0.05, 0.1) is 12.6 Å². The van der Waals surface area contributed by atoms with Crippen molar-refractivity contribution in [1.82, 2.24) is 20.1 Å². The molecule has 4 rings (SSSR count). The molecule has 1 aromatic carbocycles. The number of anilines is 1. The van der Waals surface area contributed by atoms with Crippen molar-refractivity contribution in [2.24, 2.45) is 0 Å². The van der Waals surface area contributed by atoms with Crippen molar-refractivity contribution in [3.63, 3.8) is 0 Å². The molecule has 9 nitrogen and oxygen atoms in total. The van der Waals surface area contributed by atoms with Crippen LogP contribution in [0, 0.1) is 0 Å². The Morgan fingerprint density at radius 1 is 1.03 bits per heavy atom. The molecule has 0 fully saturated rings. The Hall–Kier alpha value is -4.18. The number of carbonyl (C=O) groups is 3. The van der Waals surface area contributed by atoms with E-state index in [-0.39, 0.29) is 35.2 Å². The molecule has 1 aliphatic heterocycles. The number of carbonyl (C=O) groups excluding carboxylic acids is 3. The number of nitrogens with one attached hydrogen (secondary N) is 3. The number of hydrogen-bond donors (Lipinski definition) is 3. The van der Waals surface area contributed by atoms with Crippen molar-refractivity contribution >= 4 is 34.7 Å². The molecule has 0 spiro atoms. The number of H-pyrrole nitrogens is 1. The molecule has 0 bridgehead atoms. The van der Waals surface area contributed by atoms with Crippen molar-refractivity contribution in [2.75, 3.05) is 19.4 Å². The van der Waals surface area contributed by atoms with Gasteiger partial charge in [-0.05, 0) is 23.4 Å². The SMILES string of the molecule is CC[C@@H](NC1=C(Nc2c[nH]cc(C(=O)N(C)C)c2=O)C(=O)N(Cc2ccccc2)C1=O)c1cccs1. The fraction of sp³-hybridized carbons (Fsp3) is 0.231. The zero-order chi connectivity index (χ0) is 25.8. The van der Waals surface area contributed by atoms with Crippen LogP contribution in [-0.2, 0) is 16.1 Å². The van der Waals surface area contributed by atoms with Crippen LogP contribution in [0.25, 0.3) is 0 Å². The number of aromatic nitrogens is 1. The highest BCUT2D eigenvalue weighted by Gasteiger charge is 2.40. The summed E-state index contributed by atoms with van der Waals surface area (Å²) in [6, 6.07) is 12.9. The summed E-state index contributed by atoms with van der Waals surface area (Å²) in [6.07, 6.45) is 3.36. The van der Waals surface area contributed by atoms with Crippen LogP contribution in [0.2, 0.25) is 0 Å². The van der Waals surface area contributed by atoms with E-state index in [0.717, 1.165) is 15.3 Å². The van der Waals surface area contributed by atoms with E-state index in [1.54, 1.807) is 25.4 Å². The number of imide groups is 1. The monoisotopic (exact) mass is 505 g/mol. The third-order valence-corrected chi connectivity index (χ3v) is 6.79. The quantitative estimate of drug-likeness (QED) is 0.385. The first-order valence-corrected chi connectivity index (χ1v) is 12.3. The van der Waals surface area contributed by atoms with Crippen LogP contribution in [0.3, 0.4) is 0 Å². The van der Waals surface area contributed by atoms with E-state index in [9.17, 15) is 19.2 Å². The lowest BCUT2D eigenvalue weighted by Gasteiger charge is -2.19. The van der Waals surface area contributed by atoms with Gasteiger partial charge in [0.2, 0.25) is 5.43 Å². The van der Waals surface area contributed by atoms with Gasteiger partial charge in [-0.2, -0.15) is 0 Å². The van der Waals surface area contributed by atoms with Gasteiger partial charge < -0.3 is 20.5 Å². The van der Waals surface area contributed by atoms with E-state index in [1.807, 2.05) is 54.8 Å². The lowest BCUT2D eigenvalue weighted by Crippen LogP contribution is -2.34.